The largest absolute Gasteiger partial charge is 0.462 e. The number of carbonyl (C=O) groups is 4. The molecule has 6 rings (SSSR count). The molecule has 9 nitrogen and oxygen atoms in total. The van der Waals surface area contributed by atoms with Gasteiger partial charge in [0.15, 0.2) is 0 Å². The van der Waals surface area contributed by atoms with Gasteiger partial charge in [-0.3, -0.25) is 23.7 Å². The fraction of sp³-hybridized carbons (Fsp3) is 0.233. The number of nitrogens with zero attached hydrogens (tertiary/aromatic N) is 2. The third kappa shape index (κ3) is 4.89. The number of amides is 3. The zero-order chi connectivity index (χ0) is 29.5. The summed E-state index contributed by atoms with van der Waals surface area (Å²) in [5.41, 5.74) is 2.23. The number of fused-ring (bicyclic) bond motifs is 2. The Morgan fingerprint density at radius 3 is 2.43 bits per heavy atom. The maximum absolute atomic E-state index is 14.0. The minimum atomic E-state index is -0.790. The van der Waals surface area contributed by atoms with Crippen molar-refractivity contribution in [3.8, 4) is 0 Å². The first-order valence-corrected chi connectivity index (χ1v) is 15.8. The molecule has 2 aliphatic rings. The summed E-state index contributed by atoms with van der Waals surface area (Å²) in [7, 11) is 0. The number of hydrogen-bond acceptors (Lipinski definition) is 9. The van der Waals surface area contributed by atoms with Crippen molar-refractivity contribution in [1.29, 1.82) is 0 Å². The van der Waals surface area contributed by atoms with Gasteiger partial charge in [-0.15, -0.1) is 11.3 Å². The number of aromatic nitrogens is 1. The molecule has 1 N–H and O–H groups in total. The van der Waals surface area contributed by atoms with Crippen molar-refractivity contribution < 1.29 is 23.9 Å². The van der Waals surface area contributed by atoms with Crippen LogP contribution in [-0.4, -0.2) is 40.1 Å². The lowest BCUT2D eigenvalue weighted by Gasteiger charge is -2.29. The number of imide groups is 1. The van der Waals surface area contributed by atoms with Gasteiger partial charge in [0, 0.05) is 21.4 Å². The topological polar surface area (TPSA) is 115 Å². The molecule has 0 radical (unpaired) electrons. The van der Waals surface area contributed by atoms with Gasteiger partial charge in [-0.05, 0) is 61.2 Å². The summed E-state index contributed by atoms with van der Waals surface area (Å²) in [6.45, 7) is 3.61. The Morgan fingerprint density at radius 2 is 1.74 bits per heavy atom. The smallest absolute Gasteiger partial charge is 0.338 e. The van der Waals surface area contributed by atoms with E-state index in [1.54, 1.807) is 25.1 Å². The highest BCUT2D eigenvalue weighted by atomic mass is 32.2. The van der Waals surface area contributed by atoms with E-state index in [9.17, 15) is 24.0 Å². The molecule has 12 heteroatoms. The lowest BCUT2D eigenvalue weighted by Crippen LogP contribution is -2.32. The van der Waals surface area contributed by atoms with Gasteiger partial charge in [-0.2, -0.15) is 0 Å². The van der Waals surface area contributed by atoms with Crippen LogP contribution in [0.5, 0.6) is 0 Å². The van der Waals surface area contributed by atoms with Crippen molar-refractivity contribution in [2.75, 3.05) is 16.8 Å². The van der Waals surface area contributed by atoms with Crippen molar-refractivity contribution in [3.05, 3.63) is 96.6 Å². The SMILES string of the molecule is CCOC(=O)c1ccc(N2C(=O)C3Sc4c(sc(=O)n4CC(=O)Nc4ccccc4C)C(c4cccs4)C3C2=O)cc1. The highest BCUT2D eigenvalue weighted by Gasteiger charge is 2.57. The first kappa shape index (κ1) is 28.1. The summed E-state index contributed by atoms with van der Waals surface area (Å²) >= 11 is 3.64. The molecule has 4 heterocycles. The third-order valence-corrected chi connectivity index (χ3v) is 10.8. The molecule has 0 saturated carbocycles. The molecule has 0 bridgehead atoms. The standard InChI is InChI=1S/C30H25N3O6S3/c1-3-39-29(37)17-10-12-18(13-11-17)33-26(35)23-22(20-9-6-14-40-20)25-28(41-24(23)27(33)36)32(30(38)42-25)15-21(34)31-19-8-5-4-7-16(19)2/h4-14,22-24H,3,15H2,1-2H3,(H,31,34). The number of nitrogens with one attached hydrogen (secondary N) is 1. The van der Waals surface area contributed by atoms with E-state index in [1.807, 2.05) is 42.6 Å². The molecule has 2 aromatic carbocycles. The molecule has 2 aliphatic heterocycles. The van der Waals surface area contributed by atoms with Gasteiger partial charge in [-0.1, -0.05) is 47.4 Å². The van der Waals surface area contributed by atoms with Crippen LogP contribution in [0.2, 0.25) is 0 Å². The first-order chi connectivity index (χ1) is 20.3. The number of rotatable bonds is 7. The predicted molar refractivity (Wildman–Crippen MR) is 163 cm³/mol. The van der Waals surface area contributed by atoms with E-state index >= 15 is 0 Å². The van der Waals surface area contributed by atoms with Crippen LogP contribution in [0.3, 0.4) is 0 Å². The Balaban J connectivity index is 1.35. The summed E-state index contributed by atoms with van der Waals surface area (Å²) in [6, 6.07) is 17.3. The number of thioether (sulfide) groups is 1. The van der Waals surface area contributed by atoms with E-state index in [0.717, 1.165) is 33.5 Å². The van der Waals surface area contributed by atoms with E-state index in [1.165, 1.54) is 32.9 Å². The minimum Gasteiger partial charge on any atom is -0.462 e. The van der Waals surface area contributed by atoms with Gasteiger partial charge in [0.2, 0.25) is 17.7 Å². The summed E-state index contributed by atoms with van der Waals surface area (Å²) < 4.78 is 6.44. The maximum Gasteiger partial charge on any atom is 0.338 e. The number of thiazole rings is 1. The summed E-state index contributed by atoms with van der Waals surface area (Å²) in [5, 5.41) is 4.51. The molecule has 3 unspecified atom stereocenters. The predicted octanol–water partition coefficient (Wildman–Crippen LogP) is 4.89. The maximum atomic E-state index is 14.0. The molecule has 1 fully saturated rings. The van der Waals surface area contributed by atoms with Crippen molar-refractivity contribution >= 4 is 69.5 Å². The van der Waals surface area contributed by atoms with Gasteiger partial charge in [0.05, 0.1) is 28.8 Å². The number of hydrogen-bond donors (Lipinski definition) is 1. The van der Waals surface area contributed by atoms with Crippen LogP contribution in [0.25, 0.3) is 0 Å². The number of anilines is 2. The Bertz CT molecular complexity index is 1760. The number of para-hydroxylation sites is 1. The van der Waals surface area contributed by atoms with E-state index in [-0.39, 0.29) is 29.8 Å². The molecular formula is C30H25N3O6S3. The average Bonchev–Trinajstić information content (AvgIpc) is 3.67. The van der Waals surface area contributed by atoms with Crippen molar-refractivity contribution in [2.24, 2.45) is 5.92 Å². The lowest BCUT2D eigenvalue weighted by molar-refractivity contribution is -0.122. The van der Waals surface area contributed by atoms with E-state index in [4.69, 9.17) is 4.74 Å². The molecule has 0 spiro atoms. The highest BCUT2D eigenvalue weighted by molar-refractivity contribution is 8.00. The lowest BCUT2D eigenvalue weighted by atomic mass is 9.87. The van der Waals surface area contributed by atoms with Crippen LogP contribution in [0.4, 0.5) is 11.4 Å². The van der Waals surface area contributed by atoms with E-state index < -0.39 is 29.0 Å². The first-order valence-electron chi connectivity index (χ1n) is 13.2. The van der Waals surface area contributed by atoms with Gasteiger partial charge in [0.1, 0.15) is 11.8 Å². The van der Waals surface area contributed by atoms with Crippen LogP contribution in [0, 0.1) is 12.8 Å². The zero-order valence-electron chi connectivity index (χ0n) is 22.6. The van der Waals surface area contributed by atoms with Crippen LogP contribution >= 0.6 is 34.4 Å². The van der Waals surface area contributed by atoms with Gasteiger partial charge in [0.25, 0.3) is 0 Å². The fourth-order valence-corrected chi connectivity index (χ4v) is 9.01. The van der Waals surface area contributed by atoms with Crippen LogP contribution in [0.15, 0.2) is 75.9 Å². The normalized spacial score (nSPS) is 19.4. The van der Waals surface area contributed by atoms with Gasteiger partial charge in [-0.25, -0.2) is 9.69 Å². The molecular weight excluding hydrogens is 595 g/mol. The monoisotopic (exact) mass is 619 g/mol. The molecule has 4 aromatic rings. The number of esters is 1. The third-order valence-electron chi connectivity index (χ3n) is 7.26. The van der Waals surface area contributed by atoms with Gasteiger partial charge >= 0.3 is 10.8 Å². The second-order valence-corrected chi connectivity index (χ2v) is 12.9. The number of ether oxygens (including phenoxy) is 1. The van der Waals surface area contributed by atoms with Crippen LogP contribution in [-0.2, 0) is 25.7 Å². The quantitative estimate of drug-likeness (QED) is 0.231. The highest BCUT2D eigenvalue weighted by Crippen LogP contribution is 2.54. The van der Waals surface area contributed by atoms with Crippen LogP contribution < -0.4 is 15.1 Å². The summed E-state index contributed by atoms with van der Waals surface area (Å²) in [4.78, 5) is 68.6. The number of benzene rings is 2. The molecule has 3 amide bonds. The van der Waals surface area contributed by atoms with Crippen molar-refractivity contribution in [2.45, 2.75) is 36.6 Å². The molecule has 2 aromatic heterocycles. The Kier molecular flexibility index (Phi) is 7.60. The minimum absolute atomic E-state index is 0.221. The second kappa shape index (κ2) is 11.3. The number of thiophene rings is 1. The summed E-state index contributed by atoms with van der Waals surface area (Å²) in [6.07, 6.45) is 0. The molecule has 3 atom stereocenters. The average molecular weight is 620 g/mol. The zero-order valence-corrected chi connectivity index (χ0v) is 25.0. The van der Waals surface area contributed by atoms with Crippen molar-refractivity contribution in [1.82, 2.24) is 4.57 Å². The summed E-state index contributed by atoms with van der Waals surface area (Å²) in [5.74, 6) is -2.86. The Labute approximate surface area is 253 Å². The van der Waals surface area contributed by atoms with Crippen LogP contribution in [0.1, 0.15) is 38.5 Å². The molecule has 214 valence electrons. The van der Waals surface area contributed by atoms with Crippen molar-refractivity contribution in [3.63, 3.8) is 0 Å². The number of carbonyl (C=O) groups excluding carboxylic acids is 4. The Hall–Kier alpha value is -4.00. The Morgan fingerprint density at radius 1 is 0.976 bits per heavy atom. The molecule has 1 saturated heterocycles. The fourth-order valence-electron chi connectivity index (χ4n) is 5.29. The van der Waals surface area contributed by atoms with E-state index in [2.05, 4.69) is 5.32 Å². The molecule has 0 aliphatic carbocycles. The molecule has 42 heavy (non-hydrogen) atoms. The second-order valence-electron chi connectivity index (χ2n) is 9.82. The number of aryl methyl sites for hydroxylation is 1. The van der Waals surface area contributed by atoms with Gasteiger partial charge < -0.3 is 10.1 Å². The van der Waals surface area contributed by atoms with E-state index in [0.29, 0.717) is 26.8 Å².